The standard InChI is InChI=1S/C17H15N3O3S2/c1-10-11(2)19-23-17(10)15-8-16(12(3)24-15)25(21,22)20-14-6-4-5-13(7-14)9-18/h4-8,20H,1-3H3. The molecular formula is C17H15N3O3S2. The SMILES string of the molecule is Cc1noc(-c2cc(S(=O)(=O)Nc3cccc(C#N)c3)c(C)s2)c1C. The fourth-order valence-electron chi connectivity index (χ4n) is 2.35. The summed E-state index contributed by atoms with van der Waals surface area (Å²) in [4.78, 5) is 1.54. The summed E-state index contributed by atoms with van der Waals surface area (Å²) in [6, 6.07) is 9.91. The van der Waals surface area contributed by atoms with E-state index in [1.807, 2.05) is 19.9 Å². The van der Waals surface area contributed by atoms with Crippen LogP contribution >= 0.6 is 11.3 Å². The summed E-state index contributed by atoms with van der Waals surface area (Å²) in [5, 5.41) is 12.9. The molecule has 0 aliphatic rings. The maximum atomic E-state index is 12.7. The van der Waals surface area contributed by atoms with E-state index in [0.29, 0.717) is 26.8 Å². The van der Waals surface area contributed by atoms with Crippen molar-refractivity contribution in [1.82, 2.24) is 5.16 Å². The van der Waals surface area contributed by atoms with E-state index < -0.39 is 10.0 Å². The molecule has 2 heterocycles. The van der Waals surface area contributed by atoms with Gasteiger partial charge < -0.3 is 4.52 Å². The van der Waals surface area contributed by atoms with E-state index in [9.17, 15) is 8.42 Å². The molecular weight excluding hydrogens is 358 g/mol. The number of hydrogen-bond donors (Lipinski definition) is 1. The van der Waals surface area contributed by atoms with Crippen LogP contribution in [0.4, 0.5) is 5.69 Å². The Bertz CT molecular complexity index is 1090. The lowest BCUT2D eigenvalue weighted by Crippen LogP contribution is -2.13. The van der Waals surface area contributed by atoms with Crippen molar-refractivity contribution in [3.05, 3.63) is 52.0 Å². The number of nitrogens with zero attached hydrogens (tertiary/aromatic N) is 2. The number of aryl methyl sites for hydroxylation is 2. The zero-order chi connectivity index (χ0) is 18.2. The topological polar surface area (TPSA) is 96.0 Å². The average molecular weight is 373 g/mol. The zero-order valence-electron chi connectivity index (χ0n) is 13.8. The first-order valence-corrected chi connectivity index (χ1v) is 9.68. The summed E-state index contributed by atoms with van der Waals surface area (Å²) in [5.41, 5.74) is 2.39. The average Bonchev–Trinajstić information content (AvgIpc) is 3.11. The second kappa shape index (κ2) is 6.35. The Balaban J connectivity index is 1.98. The number of thiophene rings is 1. The fourth-order valence-corrected chi connectivity index (χ4v) is 5.03. The van der Waals surface area contributed by atoms with Gasteiger partial charge >= 0.3 is 0 Å². The van der Waals surface area contributed by atoms with Crippen LogP contribution in [0, 0.1) is 32.1 Å². The lowest BCUT2D eigenvalue weighted by molar-refractivity contribution is 0.427. The van der Waals surface area contributed by atoms with Crippen molar-refractivity contribution < 1.29 is 12.9 Å². The summed E-state index contributed by atoms with van der Waals surface area (Å²) in [7, 11) is -3.77. The summed E-state index contributed by atoms with van der Waals surface area (Å²) in [6.07, 6.45) is 0. The van der Waals surface area contributed by atoms with Crippen molar-refractivity contribution in [1.29, 1.82) is 5.26 Å². The first-order valence-electron chi connectivity index (χ1n) is 7.38. The van der Waals surface area contributed by atoms with E-state index in [2.05, 4.69) is 9.88 Å². The molecule has 0 aliphatic heterocycles. The van der Waals surface area contributed by atoms with E-state index in [1.165, 1.54) is 17.4 Å². The molecule has 0 saturated heterocycles. The Morgan fingerprint density at radius 1 is 1.24 bits per heavy atom. The molecule has 0 radical (unpaired) electrons. The third-order valence-corrected chi connectivity index (χ3v) is 6.47. The minimum absolute atomic E-state index is 0.184. The maximum Gasteiger partial charge on any atom is 0.263 e. The molecule has 0 unspecified atom stereocenters. The summed E-state index contributed by atoms with van der Waals surface area (Å²) in [5.74, 6) is 0.582. The lowest BCUT2D eigenvalue weighted by atomic mass is 10.2. The minimum Gasteiger partial charge on any atom is -0.355 e. The highest BCUT2D eigenvalue weighted by Crippen LogP contribution is 2.36. The number of nitriles is 1. The molecule has 0 atom stereocenters. The number of hydrogen-bond acceptors (Lipinski definition) is 6. The maximum absolute atomic E-state index is 12.7. The Hall–Kier alpha value is -2.63. The van der Waals surface area contributed by atoms with Crippen molar-refractivity contribution in [3.63, 3.8) is 0 Å². The Morgan fingerprint density at radius 2 is 2.00 bits per heavy atom. The molecule has 2 aromatic heterocycles. The second-order valence-electron chi connectivity index (χ2n) is 5.55. The van der Waals surface area contributed by atoms with Gasteiger partial charge in [0.1, 0.15) is 4.90 Å². The van der Waals surface area contributed by atoms with E-state index in [-0.39, 0.29) is 4.90 Å². The molecule has 1 N–H and O–H groups in total. The van der Waals surface area contributed by atoms with Gasteiger partial charge in [-0.3, -0.25) is 4.72 Å². The molecule has 3 rings (SSSR count). The molecule has 0 spiro atoms. The third-order valence-electron chi connectivity index (χ3n) is 3.79. The zero-order valence-corrected chi connectivity index (χ0v) is 15.5. The summed E-state index contributed by atoms with van der Waals surface area (Å²) < 4.78 is 33.3. The molecule has 0 saturated carbocycles. The van der Waals surface area contributed by atoms with Crippen LogP contribution in [0.5, 0.6) is 0 Å². The number of sulfonamides is 1. The van der Waals surface area contributed by atoms with Crippen LogP contribution < -0.4 is 4.72 Å². The van der Waals surface area contributed by atoms with E-state index >= 15 is 0 Å². The molecule has 25 heavy (non-hydrogen) atoms. The van der Waals surface area contributed by atoms with Crippen molar-refractivity contribution in [3.8, 4) is 16.7 Å². The van der Waals surface area contributed by atoms with Crippen LogP contribution in [-0.4, -0.2) is 13.6 Å². The van der Waals surface area contributed by atoms with Gasteiger partial charge in [-0.2, -0.15) is 5.26 Å². The van der Waals surface area contributed by atoms with Crippen LogP contribution in [0.25, 0.3) is 10.6 Å². The van der Waals surface area contributed by atoms with Crippen LogP contribution in [-0.2, 0) is 10.0 Å². The van der Waals surface area contributed by atoms with Crippen LogP contribution in [0.15, 0.2) is 39.8 Å². The fraction of sp³-hybridized carbons (Fsp3) is 0.176. The monoisotopic (exact) mass is 373 g/mol. The number of anilines is 1. The molecule has 128 valence electrons. The largest absolute Gasteiger partial charge is 0.355 e. The molecule has 0 fully saturated rings. The Labute approximate surface area is 149 Å². The summed E-state index contributed by atoms with van der Waals surface area (Å²) >= 11 is 1.33. The number of nitrogens with one attached hydrogen (secondary N) is 1. The van der Waals surface area contributed by atoms with Gasteiger partial charge in [-0.15, -0.1) is 11.3 Å². The van der Waals surface area contributed by atoms with Gasteiger partial charge in [-0.1, -0.05) is 11.2 Å². The summed E-state index contributed by atoms with van der Waals surface area (Å²) in [6.45, 7) is 5.47. The van der Waals surface area contributed by atoms with Gasteiger partial charge in [0.25, 0.3) is 10.0 Å². The predicted molar refractivity (Wildman–Crippen MR) is 96.0 cm³/mol. The normalized spacial score (nSPS) is 11.3. The van der Waals surface area contributed by atoms with E-state index in [1.54, 1.807) is 31.2 Å². The highest BCUT2D eigenvalue weighted by molar-refractivity contribution is 7.93. The quantitative estimate of drug-likeness (QED) is 0.745. The first kappa shape index (κ1) is 17.2. The third kappa shape index (κ3) is 3.29. The van der Waals surface area contributed by atoms with E-state index in [4.69, 9.17) is 9.78 Å². The van der Waals surface area contributed by atoms with Gasteiger partial charge in [0, 0.05) is 10.4 Å². The van der Waals surface area contributed by atoms with Gasteiger partial charge in [-0.25, -0.2) is 8.42 Å². The van der Waals surface area contributed by atoms with Crippen molar-refractivity contribution in [2.75, 3.05) is 4.72 Å². The lowest BCUT2D eigenvalue weighted by Gasteiger charge is -2.07. The Kier molecular flexibility index (Phi) is 4.37. The number of rotatable bonds is 4. The van der Waals surface area contributed by atoms with Gasteiger partial charge in [0.05, 0.1) is 27.9 Å². The van der Waals surface area contributed by atoms with Crippen molar-refractivity contribution in [2.45, 2.75) is 25.7 Å². The van der Waals surface area contributed by atoms with Crippen molar-refractivity contribution >= 4 is 27.0 Å². The Morgan fingerprint density at radius 3 is 2.64 bits per heavy atom. The van der Waals surface area contributed by atoms with Crippen LogP contribution in [0.1, 0.15) is 21.7 Å². The van der Waals surface area contributed by atoms with Crippen molar-refractivity contribution in [2.24, 2.45) is 0 Å². The van der Waals surface area contributed by atoms with Crippen LogP contribution in [0.3, 0.4) is 0 Å². The highest BCUT2D eigenvalue weighted by Gasteiger charge is 2.23. The predicted octanol–water partition coefficient (Wildman–Crippen LogP) is 4.00. The smallest absolute Gasteiger partial charge is 0.263 e. The molecule has 1 aromatic carbocycles. The number of aromatic nitrogens is 1. The first-order chi connectivity index (χ1) is 11.8. The van der Waals surface area contributed by atoms with Gasteiger partial charge in [-0.05, 0) is 45.0 Å². The van der Waals surface area contributed by atoms with E-state index in [0.717, 1.165) is 11.3 Å². The molecule has 6 nitrogen and oxygen atoms in total. The molecule has 0 amide bonds. The second-order valence-corrected chi connectivity index (χ2v) is 8.46. The van der Waals surface area contributed by atoms with Gasteiger partial charge in [0.15, 0.2) is 5.76 Å². The molecule has 3 aromatic rings. The highest BCUT2D eigenvalue weighted by atomic mass is 32.2. The molecule has 0 aliphatic carbocycles. The number of benzene rings is 1. The minimum atomic E-state index is -3.77. The molecule has 8 heteroatoms. The molecule has 0 bridgehead atoms. The van der Waals surface area contributed by atoms with Gasteiger partial charge in [0.2, 0.25) is 0 Å². The van der Waals surface area contributed by atoms with Crippen LogP contribution in [0.2, 0.25) is 0 Å².